The predicted molar refractivity (Wildman–Crippen MR) is 94.0 cm³/mol. The molecule has 1 fully saturated rings. The molecule has 0 bridgehead atoms. The average molecular weight is 328 g/mol. The van der Waals surface area contributed by atoms with Crippen LogP contribution in [0.5, 0.6) is 0 Å². The lowest BCUT2D eigenvalue weighted by molar-refractivity contribution is -0.131. The minimum absolute atomic E-state index is 0.00260. The van der Waals surface area contributed by atoms with Crippen molar-refractivity contribution in [1.82, 2.24) is 19.6 Å². The van der Waals surface area contributed by atoms with Crippen molar-refractivity contribution in [1.29, 1.82) is 0 Å². The van der Waals surface area contributed by atoms with Crippen molar-refractivity contribution in [3.63, 3.8) is 0 Å². The molecule has 1 aromatic carbocycles. The van der Waals surface area contributed by atoms with Gasteiger partial charge in [0.15, 0.2) is 0 Å². The Hall–Kier alpha value is -2.21. The summed E-state index contributed by atoms with van der Waals surface area (Å²) < 4.78 is 1.30. The van der Waals surface area contributed by atoms with Crippen molar-refractivity contribution < 1.29 is 4.79 Å². The fourth-order valence-corrected chi connectivity index (χ4v) is 3.57. The molecule has 2 heterocycles. The van der Waals surface area contributed by atoms with Crippen LogP contribution in [0.15, 0.2) is 29.1 Å². The molecule has 6 nitrogen and oxygen atoms in total. The standard InChI is InChI=1S/C18H24N4O2/c1-12-9-21(10-16(12)20(3)4)17(23)11-22-18(24)15-8-6-5-7-14(15)13(2)19-22/h5-8,12,16H,9-11H2,1-4H3/t12-,16-/m1/s1. The maximum atomic E-state index is 12.6. The van der Waals surface area contributed by atoms with E-state index in [0.717, 1.165) is 17.6 Å². The molecule has 0 radical (unpaired) electrons. The normalized spacial score (nSPS) is 21.0. The Balaban J connectivity index is 1.84. The molecule has 0 unspecified atom stereocenters. The highest BCUT2D eigenvalue weighted by molar-refractivity contribution is 5.83. The summed E-state index contributed by atoms with van der Waals surface area (Å²) in [6.45, 7) is 5.44. The van der Waals surface area contributed by atoms with Crippen molar-refractivity contribution in [2.75, 3.05) is 27.2 Å². The number of benzene rings is 1. The first-order chi connectivity index (χ1) is 11.4. The molecular formula is C18H24N4O2. The second kappa shape index (κ2) is 6.36. The zero-order valence-electron chi connectivity index (χ0n) is 14.7. The monoisotopic (exact) mass is 328 g/mol. The molecule has 2 atom stereocenters. The zero-order chi connectivity index (χ0) is 17.4. The molecule has 1 aliphatic heterocycles. The van der Waals surface area contributed by atoms with E-state index in [4.69, 9.17) is 0 Å². The Kier molecular flexibility index (Phi) is 4.41. The summed E-state index contributed by atoms with van der Waals surface area (Å²) in [6, 6.07) is 7.75. The van der Waals surface area contributed by atoms with Crippen molar-refractivity contribution in [3.05, 3.63) is 40.3 Å². The number of nitrogens with zero attached hydrogens (tertiary/aromatic N) is 4. The number of carbonyl (C=O) groups excluding carboxylic acids is 1. The highest BCUT2D eigenvalue weighted by atomic mass is 16.2. The van der Waals surface area contributed by atoms with Gasteiger partial charge in [0.25, 0.3) is 5.56 Å². The topological polar surface area (TPSA) is 58.4 Å². The lowest BCUT2D eigenvalue weighted by Crippen LogP contribution is -2.38. The highest BCUT2D eigenvalue weighted by Gasteiger charge is 2.33. The first-order valence-corrected chi connectivity index (χ1v) is 8.29. The molecule has 0 spiro atoms. The van der Waals surface area contributed by atoms with E-state index >= 15 is 0 Å². The van der Waals surface area contributed by atoms with Gasteiger partial charge in [-0.2, -0.15) is 5.10 Å². The van der Waals surface area contributed by atoms with E-state index in [-0.39, 0.29) is 18.0 Å². The quantitative estimate of drug-likeness (QED) is 0.847. The summed E-state index contributed by atoms with van der Waals surface area (Å²) in [4.78, 5) is 29.2. The number of amides is 1. The zero-order valence-corrected chi connectivity index (χ0v) is 14.7. The molecule has 6 heteroatoms. The fraction of sp³-hybridized carbons (Fsp3) is 0.500. The van der Waals surface area contributed by atoms with Crippen LogP contribution in [0.4, 0.5) is 0 Å². The lowest BCUT2D eigenvalue weighted by atomic mass is 10.1. The van der Waals surface area contributed by atoms with E-state index in [1.807, 2.05) is 44.1 Å². The van der Waals surface area contributed by atoms with Gasteiger partial charge in [0, 0.05) is 24.5 Å². The Labute approximate surface area is 141 Å². The van der Waals surface area contributed by atoms with E-state index in [2.05, 4.69) is 16.9 Å². The van der Waals surface area contributed by atoms with Gasteiger partial charge >= 0.3 is 0 Å². The van der Waals surface area contributed by atoms with Crippen molar-refractivity contribution in [3.8, 4) is 0 Å². The molecular weight excluding hydrogens is 304 g/mol. The van der Waals surface area contributed by atoms with Crippen LogP contribution in [-0.4, -0.2) is 58.7 Å². The third-order valence-corrected chi connectivity index (χ3v) is 4.93. The third-order valence-electron chi connectivity index (χ3n) is 4.93. The van der Waals surface area contributed by atoms with Crippen LogP contribution in [0.1, 0.15) is 12.6 Å². The van der Waals surface area contributed by atoms with Crippen LogP contribution in [-0.2, 0) is 11.3 Å². The molecule has 1 amide bonds. The minimum Gasteiger partial charge on any atom is -0.339 e. The van der Waals surface area contributed by atoms with Crippen molar-refractivity contribution in [2.24, 2.45) is 5.92 Å². The fourth-order valence-electron chi connectivity index (χ4n) is 3.57. The van der Waals surface area contributed by atoms with Gasteiger partial charge in [-0.15, -0.1) is 0 Å². The van der Waals surface area contributed by atoms with Gasteiger partial charge in [-0.05, 0) is 33.0 Å². The molecule has 1 aromatic heterocycles. The Bertz CT molecular complexity index is 827. The van der Waals surface area contributed by atoms with E-state index in [1.54, 1.807) is 6.07 Å². The van der Waals surface area contributed by atoms with Gasteiger partial charge in [0.05, 0.1) is 11.1 Å². The van der Waals surface area contributed by atoms with Crippen molar-refractivity contribution in [2.45, 2.75) is 26.4 Å². The van der Waals surface area contributed by atoms with Crippen LogP contribution in [0.25, 0.3) is 10.8 Å². The maximum Gasteiger partial charge on any atom is 0.275 e. The molecule has 1 saturated heterocycles. The summed E-state index contributed by atoms with van der Waals surface area (Å²) in [5, 5.41) is 5.78. The first kappa shape index (κ1) is 16.6. The smallest absolute Gasteiger partial charge is 0.275 e. The van der Waals surface area contributed by atoms with E-state index in [1.165, 1.54) is 4.68 Å². The second-order valence-electron chi connectivity index (χ2n) is 6.90. The molecule has 128 valence electrons. The SMILES string of the molecule is Cc1nn(CC(=O)N2C[C@@H](C)[C@H](N(C)C)C2)c(=O)c2ccccc12. The Morgan fingerprint density at radius 3 is 2.54 bits per heavy atom. The number of likely N-dealkylation sites (N-methyl/N-ethyl adjacent to an activating group) is 1. The molecule has 0 aliphatic carbocycles. The first-order valence-electron chi connectivity index (χ1n) is 8.29. The number of likely N-dealkylation sites (tertiary alicyclic amines) is 1. The van der Waals surface area contributed by atoms with Crippen LogP contribution in [0, 0.1) is 12.8 Å². The van der Waals surface area contributed by atoms with Crippen molar-refractivity contribution >= 4 is 16.7 Å². The maximum absolute atomic E-state index is 12.6. The molecule has 0 N–H and O–H groups in total. The molecule has 0 saturated carbocycles. The van der Waals surface area contributed by atoms with E-state index in [0.29, 0.717) is 23.9 Å². The Morgan fingerprint density at radius 2 is 1.92 bits per heavy atom. The second-order valence-corrected chi connectivity index (χ2v) is 6.90. The number of aryl methyl sites for hydroxylation is 1. The molecule has 1 aliphatic rings. The van der Waals surface area contributed by atoms with Gasteiger partial charge in [0.2, 0.25) is 5.91 Å². The predicted octanol–water partition coefficient (Wildman–Crippen LogP) is 1.11. The van der Waals surface area contributed by atoms with Crippen LogP contribution < -0.4 is 5.56 Å². The number of rotatable bonds is 3. The van der Waals surface area contributed by atoms with Gasteiger partial charge in [-0.25, -0.2) is 4.68 Å². The summed E-state index contributed by atoms with van der Waals surface area (Å²) in [7, 11) is 4.07. The highest BCUT2D eigenvalue weighted by Crippen LogP contribution is 2.20. The van der Waals surface area contributed by atoms with Gasteiger partial charge in [-0.3, -0.25) is 9.59 Å². The van der Waals surface area contributed by atoms with Gasteiger partial charge in [-0.1, -0.05) is 25.1 Å². The van der Waals surface area contributed by atoms with E-state index < -0.39 is 0 Å². The average Bonchev–Trinajstić information content (AvgIpc) is 2.94. The van der Waals surface area contributed by atoms with Crippen LogP contribution >= 0.6 is 0 Å². The van der Waals surface area contributed by atoms with E-state index in [9.17, 15) is 9.59 Å². The largest absolute Gasteiger partial charge is 0.339 e. The van der Waals surface area contributed by atoms with Crippen LogP contribution in [0.3, 0.4) is 0 Å². The molecule has 2 aromatic rings. The number of aromatic nitrogens is 2. The van der Waals surface area contributed by atoms with Gasteiger partial charge < -0.3 is 9.80 Å². The number of hydrogen-bond acceptors (Lipinski definition) is 4. The number of fused-ring (bicyclic) bond motifs is 1. The third kappa shape index (κ3) is 2.94. The molecule has 24 heavy (non-hydrogen) atoms. The minimum atomic E-state index is -0.207. The number of carbonyl (C=O) groups is 1. The van der Waals surface area contributed by atoms with Gasteiger partial charge in [0.1, 0.15) is 6.54 Å². The lowest BCUT2D eigenvalue weighted by Gasteiger charge is -2.22. The summed E-state index contributed by atoms with van der Waals surface area (Å²) in [6.07, 6.45) is 0. The Morgan fingerprint density at radius 1 is 1.25 bits per heavy atom. The summed E-state index contributed by atoms with van der Waals surface area (Å²) >= 11 is 0. The summed E-state index contributed by atoms with van der Waals surface area (Å²) in [5.41, 5.74) is 0.555. The molecule has 3 rings (SSSR count). The number of hydrogen-bond donors (Lipinski definition) is 0. The van der Waals surface area contributed by atoms with Crippen LogP contribution in [0.2, 0.25) is 0 Å². The summed E-state index contributed by atoms with van der Waals surface area (Å²) in [5.74, 6) is 0.377.